The second-order valence-corrected chi connectivity index (χ2v) is 12.2. The molecule has 0 spiro atoms. The summed E-state index contributed by atoms with van der Waals surface area (Å²) in [5.74, 6) is 0. The van der Waals surface area contributed by atoms with Gasteiger partial charge in [0.05, 0.1) is 0 Å². The standard InChI is InChI=1S/C17H33N4OP/c22-17-23(18-9-1-2-10-18,19-11-3-4-12-19,20-13-5-6-14-20)21-15-7-8-16-21/h17H,1-16H2. The molecular weight excluding hydrogens is 307 g/mol. The van der Waals surface area contributed by atoms with Crippen molar-refractivity contribution in [1.29, 1.82) is 0 Å². The van der Waals surface area contributed by atoms with Crippen molar-refractivity contribution in [2.75, 3.05) is 52.4 Å². The molecule has 4 saturated heterocycles. The van der Waals surface area contributed by atoms with Gasteiger partial charge in [0.15, 0.2) is 0 Å². The zero-order chi connectivity index (χ0) is 15.8. The van der Waals surface area contributed by atoms with Crippen LogP contribution in [0.4, 0.5) is 0 Å². The minimum absolute atomic E-state index is 1.13. The number of hydrogen-bond acceptors (Lipinski definition) is 5. The monoisotopic (exact) mass is 340 g/mol. The maximum atomic E-state index is 13.2. The zero-order valence-electron chi connectivity index (χ0n) is 14.5. The normalized spacial score (nSPS) is 30.9. The van der Waals surface area contributed by atoms with Crippen molar-refractivity contribution in [3.05, 3.63) is 0 Å². The minimum atomic E-state index is -2.94. The Hall–Kier alpha value is -0.0600. The van der Waals surface area contributed by atoms with Gasteiger partial charge in [-0.3, -0.25) is 0 Å². The van der Waals surface area contributed by atoms with E-state index in [1.165, 1.54) is 57.4 Å². The molecule has 0 aromatic heterocycles. The predicted molar refractivity (Wildman–Crippen MR) is 96.9 cm³/mol. The van der Waals surface area contributed by atoms with E-state index in [0.29, 0.717) is 0 Å². The molecule has 23 heavy (non-hydrogen) atoms. The van der Waals surface area contributed by atoms with Crippen LogP contribution in [0.1, 0.15) is 51.4 Å². The summed E-state index contributed by atoms with van der Waals surface area (Å²) in [5.41, 5.74) is 0. The van der Waals surface area contributed by atoms with E-state index in [4.69, 9.17) is 0 Å². The summed E-state index contributed by atoms with van der Waals surface area (Å²) in [4.78, 5) is 13.2. The van der Waals surface area contributed by atoms with Gasteiger partial charge in [-0.1, -0.05) is 0 Å². The summed E-state index contributed by atoms with van der Waals surface area (Å²) in [5, 5.41) is 0. The van der Waals surface area contributed by atoms with Gasteiger partial charge in [-0.25, -0.2) is 0 Å². The molecule has 4 fully saturated rings. The number of rotatable bonds is 5. The van der Waals surface area contributed by atoms with Crippen molar-refractivity contribution in [2.24, 2.45) is 0 Å². The van der Waals surface area contributed by atoms with Gasteiger partial charge >= 0.3 is 140 Å². The average Bonchev–Trinajstić information content (AvgIpc) is 3.36. The fraction of sp³-hybridized carbons (Fsp3) is 0.941. The second kappa shape index (κ2) is 6.34. The van der Waals surface area contributed by atoms with Crippen LogP contribution < -0.4 is 0 Å². The summed E-state index contributed by atoms with van der Waals surface area (Å²) < 4.78 is 10.8. The second-order valence-electron chi connectivity index (χ2n) is 7.75. The first-order valence-electron chi connectivity index (χ1n) is 9.82. The van der Waals surface area contributed by atoms with Gasteiger partial charge in [-0.15, -0.1) is 0 Å². The molecule has 4 rings (SSSR count). The van der Waals surface area contributed by atoms with E-state index in [2.05, 4.69) is 18.7 Å². The van der Waals surface area contributed by atoms with E-state index in [0.717, 1.165) is 52.4 Å². The number of carbonyl (C=O) groups is 1. The molecule has 0 atom stereocenters. The molecule has 0 bridgehead atoms. The fourth-order valence-electron chi connectivity index (χ4n) is 5.68. The molecule has 0 aliphatic carbocycles. The van der Waals surface area contributed by atoms with Crippen molar-refractivity contribution in [3.63, 3.8) is 0 Å². The molecule has 0 amide bonds. The Balaban J connectivity index is 1.88. The van der Waals surface area contributed by atoms with Crippen molar-refractivity contribution < 1.29 is 4.79 Å². The van der Waals surface area contributed by atoms with Crippen molar-refractivity contribution >= 4 is 13.2 Å². The Labute approximate surface area is 141 Å². The van der Waals surface area contributed by atoms with Gasteiger partial charge < -0.3 is 0 Å². The predicted octanol–water partition coefficient (Wildman–Crippen LogP) is 2.77. The third kappa shape index (κ3) is 2.13. The molecule has 6 heteroatoms. The summed E-state index contributed by atoms with van der Waals surface area (Å²) in [6.07, 6.45) is 10.1. The van der Waals surface area contributed by atoms with E-state index < -0.39 is 7.21 Å². The average molecular weight is 340 g/mol. The van der Waals surface area contributed by atoms with Crippen LogP contribution in [-0.4, -0.2) is 77.1 Å². The van der Waals surface area contributed by atoms with E-state index in [1.54, 1.807) is 0 Å². The number of nitrogens with zero attached hydrogens (tertiary/aromatic N) is 4. The first-order chi connectivity index (χ1) is 11.3. The first-order valence-corrected chi connectivity index (χ1v) is 11.9. The Morgan fingerprint density at radius 2 is 0.696 bits per heavy atom. The van der Waals surface area contributed by atoms with Gasteiger partial charge in [0, 0.05) is 0 Å². The Bertz CT molecular complexity index is 360. The van der Waals surface area contributed by atoms with Gasteiger partial charge in [0.1, 0.15) is 0 Å². The van der Waals surface area contributed by atoms with Crippen LogP contribution >= 0.6 is 7.21 Å². The van der Waals surface area contributed by atoms with Gasteiger partial charge in [-0.2, -0.15) is 0 Å². The van der Waals surface area contributed by atoms with Crippen molar-refractivity contribution in [2.45, 2.75) is 51.4 Å². The molecule has 4 heterocycles. The third-order valence-corrected chi connectivity index (χ3v) is 13.0. The van der Waals surface area contributed by atoms with Gasteiger partial charge in [0.2, 0.25) is 0 Å². The molecule has 0 aromatic rings. The van der Waals surface area contributed by atoms with E-state index in [9.17, 15) is 4.79 Å². The van der Waals surface area contributed by atoms with Crippen molar-refractivity contribution in [1.82, 2.24) is 18.7 Å². The molecule has 5 nitrogen and oxygen atoms in total. The Morgan fingerprint density at radius 3 is 0.870 bits per heavy atom. The Morgan fingerprint density at radius 1 is 0.478 bits per heavy atom. The molecule has 0 aromatic carbocycles. The van der Waals surface area contributed by atoms with Crippen LogP contribution in [0, 0.1) is 0 Å². The van der Waals surface area contributed by atoms with Crippen LogP contribution in [0.3, 0.4) is 0 Å². The van der Waals surface area contributed by atoms with Crippen LogP contribution in [0.25, 0.3) is 0 Å². The topological polar surface area (TPSA) is 30.0 Å². The maximum absolute atomic E-state index is 13.2. The van der Waals surface area contributed by atoms with Crippen LogP contribution in [-0.2, 0) is 4.79 Å². The van der Waals surface area contributed by atoms with Crippen LogP contribution in [0.5, 0.6) is 0 Å². The molecule has 0 N–H and O–H groups in total. The van der Waals surface area contributed by atoms with Crippen LogP contribution in [0.15, 0.2) is 0 Å². The summed E-state index contributed by atoms with van der Waals surface area (Å²) in [6.45, 7) is 9.00. The molecule has 0 saturated carbocycles. The molecule has 0 unspecified atom stereocenters. The fourth-order valence-corrected chi connectivity index (χ4v) is 12.6. The molecule has 132 valence electrons. The molecule has 4 aliphatic rings. The summed E-state index contributed by atoms with van der Waals surface area (Å²) >= 11 is 0. The molecular formula is C17H33N4OP. The summed E-state index contributed by atoms with van der Waals surface area (Å²) in [6, 6.07) is 1.50. The van der Waals surface area contributed by atoms with Crippen LogP contribution in [0.2, 0.25) is 0 Å². The third-order valence-electron chi connectivity index (χ3n) is 6.69. The van der Waals surface area contributed by atoms with Crippen molar-refractivity contribution in [3.8, 4) is 0 Å². The Kier molecular flexibility index (Phi) is 4.53. The van der Waals surface area contributed by atoms with Gasteiger partial charge in [0.25, 0.3) is 0 Å². The van der Waals surface area contributed by atoms with E-state index in [-0.39, 0.29) is 0 Å². The van der Waals surface area contributed by atoms with E-state index >= 15 is 0 Å². The molecule has 4 aliphatic heterocycles. The zero-order valence-corrected chi connectivity index (χ0v) is 15.4. The van der Waals surface area contributed by atoms with Gasteiger partial charge in [-0.05, 0) is 0 Å². The first kappa shape index (κ1) is 16.4. The number of hydrogen-bond donors (Lipinski definition) is 0. The summed E-state index contributed by atoms with van der Waals surface area (Å²) in [7, 11) is -2.94. The van der Waals surface area contributed by atoms with E-state index in [1.807, 2.05) is 0 Å². The molecule has 0 radical (unpaired) electrons. The number of carbonyl (C=O) groups excluding carboxylic acids is 1. The SMILES string of the molecule is O=CP(N1CCCC1)(N1CCCC1)(N1CCCC1)N1CCCC1. The quantitative estimate of drug-likeness (QED) is 0.567.